The lowest BCUT2D eigenvalue weighted by atomic mass is 9.92. The van der Waals surface area contributed by atoms with Crippen molar-refractivity contribution in [3.63, 3.8) is 0 Å². The number of fused-ring (bicyclic) bond motifs is 1. The molecule has 2 aliphatic rings. The lowest BCUT2D eigenvalue weighted by Crippen LogP contribution is -2.38. The normalized spacial score (nSPS) is 21.1. The second-order valence-electron chi connectivity index (χ2n) is 5.12. The quantitative estimate of drug-likeness (QED) is 0.443. The standard InChI is InChI=1S/C14H16BrN3O6/c1-5-8(14(19)17-16)18-24-9(5)6-7(15)11(21-3)13-12(10(6)20-2)22-4-23-13/h5,9H,4,16H2,1-3H3,(H,17,19). The van der Waals surface area contributed by atoms with Crippen LogP contribution in [-0.4, -0.2) is 32.6 Å². The third kappa shape index (κ3) is 2.33. The van der Waals surface area contributed by atoms with E-state index in [-0.39, 0.29) is 18.4 Å². The molecule has 0 fully saturated rings. The lowest BCUT2D eigenvalue weighted by molar-refractivity contribution is -0.115. The summed E-state index contributed by atoms with van der Waals surface area (Å²) in [7, 11) is 3.02. The zero-order valence-electron chi connectivity index (χ0n) is 13.2. The minimum Gasteiger partial charge on any atom is -0.492 e. The van der Waals surface area contributed by atoms with Crippen molar-refractivity contribution in [2.24, 2.45) is 16.9 Å². The second kappa shape index (κ2) is 6.36. The molecule has 24 heavy (non-hydrogen) atoms. The van der Waals surface area contributed by atoms with E-state index in [2.05, 4.69) is 26.5 Å². The van der Waals surface area contributed by atoms with E-state index in [1.807, 2.05) is 0 Å². The number of methoxy groups -OCH3 is 2. The van der Waals surface area contributed by atoms with Crippen LogP contribution in [0.3, 0.4) is 0 Å². The lowest BCUT2D eigenvalue weighted by Gasteiger charge is -2.21. The number of carbonyl (C=O) groups excluding carboxylic acids is 1. The molecular weight excluding hydrogens is 386 g/mol. The predicted octanol–water partition coefficient (Wildman–Crippen LogP) is 1.25. The zero-order valence-corrected chi connectivity index (χ0v) is 14.8. The molecule has 3 N–H and O–H groups in total. The summed E-state index contributed by atoms with van der Waals surface area (Å²) in [5.41, 5.74) is 2.85. The van der Waals surface area contributed by atoms with Gasteiger partial charge in [-0.1, -0.05) is 12.1 Å². The maximum Gasteiger partial charge on any atom is 0.283 e. The van der Waals surface area contributed by atoms with Crippen LogP contribution in [0.25, 0.3) is 0 Å². The largest absolute Gasteiger partial charge is 0.492 e. The second-order valence-corrected chi connectivity index (χ2v) is 5.92. The van der Waals surface area contributed by atoms with Crippen LogP contribution in [-0.2, 0) is 9.63 Å². The third-order valence-corrected chi connectivity index (χ3v) is 4.70. The molecule has 0 spiro atoms. The number of hydrogen-bond acceptors (Lipinski definition) is 8. The Morgan fingerprint density at radius 2 is 1.92 bits per heavy atom. The summed E-state index contributed by atoms with van der Waals surface area (Å²) in [5.74, 6) is 6.03. The van der Waals surface area contributed by atoms with Crippen molar-refractivity contribution in [1.82, 2.24) is 5.43 Å². The van der Waals surface area contributed by atoms with Crippen molar-refractivity contribution in [1.29, 1.82) is 0 Å². The van der Waals surface area contributed by atoms with Gasteiger partial charge in [-0.3, -0.25) is 10.2 Å². The fraction of sp³-hybridized carbons (Fsp3) is 0.429. The molecule has 9 nitrogen and oxygen atoms in total. The van der Waals surface area contributed by atoms with Crippen molar-refractivity contribution in [2.75, 3.05) is 21.0 Å². The minimum atomic E-state index is -0.593. The van der Waals surface area contributed by atoms with Crippen LogP contribution in [0.2, 0.25) is 0 Å². The molecule has 0 bridgehead atoms. The summed E-state index contributed by atoms with van der Waals surface area (Å²) in [4.78, 5) is 17.3. The Labute approximate surface area is 146 Å². The molecule has 0 saturated carbocycles. The van der Waals surface area contributed by atoms with Gasteiger partial charge < -0.3 is 23.8 Å². The van der Waals surface area contributed by atoms with Crippen LogP contribution in [0.15, 0.2) is 9.63 Å². The Morgan fingerprint density at radius 1 is 1.29 bits per heavy atom. The Morgan fingerprint density at radius 3 is 2.50 bits per heavy atom. The number of hydrogen-bond donors (Lipinski definition) is 2. The maximum absolute atomic E-state index is 11.8. The number of carbonyl (C=O) groups is 1. The van der Waals surface area contributed by atoms with Crippen LogP contribution in [0.5, 0.6) is 23.0 Å². The summed E-state index contributed by atoms with van der Waals surface area (Å²) in [6.07, 6.45) is -0.593. The first kappa shape index (κ1) is 16.7. The van der Waals surface area contributed by atoms with Gasteiger partial charge in [-0.05, 0) is 15.9 Å². The average Bonchev–Trinajstić information content (AvgIpc) is 3.20. The van der Waals surface area contributed by atoms with Crippen molar-refractivity contribution in [3.8, 4) is 23.0 Å². The van der Waals surface area contributed by atoms with Gasteiger partial charge in [0.1, 0.15) is 0 Å². The fourth-order valence-corrected chi connectivity index (χ4v) is 3.50. The SMILES string of the molecule is COc1c(Br)c(C2ON=C(C(=O)NN)C2C)c(OC)c2c1OCO2. The number of nitrogens with one attached hydrogen (secondary N) is 1. The van der Waals surface area contributed by atoms with Crippen LogP contribution < -0.4 is 30.2 Å². The topological polar surface area (TPSA) is 114 Å². The highest BCUT2D eigenvalue weighted by Crippen LogP contribution is 2.57. The number of benzene rings is 1. The predicted molar refractivity (Wildman–Crippen MR) is 86.1 cm³/mol. The number of amides is 1. The monoisotopic (exact) mass is 401 g/mol. The van der Waals surface area contributed by atoms with Crippen LogP contribution in [0.1, 0.15) is 18.6 Å². The summed E-state index contributed by atoms with van der Waals surface area (Å²) in [5, 5.41) is 3.85. The highest BCUT2D eigenvalue weighted by molar-refractivity contribution is 9.10. The minimum absolute atomic E-state index is 0.0519. The first-order valence-corrected chi connectivity index (χ1v) is 7.82. The molecule has 0 aliphatic carbocycles. The molecule has 0 radical (unpaired) electrons. The Balaban J connectivity index is 2.11. The van der Waals surface area contributed by atoms with Crippen LogP contribution >= 0.6 is 15.9 Å². The van der Waals surface area contributed by atoms with E-state index < -0.39 is 12.0 Å². The van der Waals surface area contributed by atoms with Crippen molar-refractivity contribution < 1.29 is 28.6 Å². The van der Waals surface area contributed by atoms with E-state index >= 15 is 0 Å². The van der Waals surface area contributed by atoms with E-state index in [0.29, 0.717) is 33.0 Å². The number of rotatable bonds is 4. The summed E-state index contributed by atoms with van der Waals surface area (Å²) < 4.78 is 22.5. The molecule has 2 heterocycles. The first-order valence-electron chi connectivity index (χ1n) is 7.02. The zero-order chi connectivity index (χ0) is 17.4. The van der Waals surface area contributed by atoms with Crippen LogP contribution in [0, 0.1) is 5.92 Å². The Bertz CT molecular complexity index is 723. The molecule has 2 unspecified atom stereocenters. The molecule has 1 aromatic carbocycles. The molecule has 1 aromatic rings. The maximum atomic E-state index is 11.8. The smallest absolute Gasteiger partial charge is 0.283 e. The number of halogens is 1. The van der Waals surface area contributed by atoms with Gasteiger partial charge in [0.25, 0.3) is 5.91 Å². The molecule has 130 valence electrons. The van der Waals surface area contributed by atoms with E-state index in [9.17, 15) is 4.79 Å². The number of ether oxygens (including phenoxy) is 4. The van der Waals surface area contributed by atoms with Gasteiger partial charge in [-0.25, -0.2) is 5.84 Å². The van der Waals surface area contributed by atoms with Crippen molar-refractivity contribution in [2.45, 2.75) is 13.0 Å². The number of nitrogens with zero attached hydrogens (tertiary/aromatic N) is 1. The van der Waals surface area contributed by atoms with Crippen LogP contribution in [0.4, 0.5) is 0 Å². The van der Waals surface area contributed by atoms with E-state index in [0.717, 1.165) is 0 Å². The Kier molecular flexibility index (Phi) is 4.41. The average molecular weight is 402 g/mol. The summed E-state index contributed by atoms with van der Waals surface area (Å²) >= 11 is 3.50. The van der Waals surface area contributed by atoms with Gasteiger partial charge in [0, 0.05) is 0 Å². The fourth-order valence-electron chi connectivity index (χ4n) is 2.76. The van der Waals surface area contributed by atoms with E-state index in [1.165, 1.54) is 14.2 Å². The molecule has 0 aromatic heterocycles. The summed E-state index contributed by atoms with van der Waals surface area (Å²) in [6.45, 7) is 1.85. The van der Waals surface area contributed by atoms with E-state index in [1.54, 1.807) is 6.92 Å². The highest BCUT2D eigenvalue weighted by Gasteiger charge is 2.42. The van der Waals surface area contributed by atoms with Gasteiger partial charge in [-0.2, -0.15) is 0 Å². The third-order valence-electron chi connectivity index (χ3n) is 3.91. The number of hydrazine groups is 1. The van der Waals surface area contributed by atoms with E-state index in [4.69, 9.17) is 29.6 Å². The molecule has 0 saturated heterocycles. The molecule has 10 heteroatoms. The number of oxime groups is 1. The Hall–Kier alpha value is -2.20. The van der Waals surface area contributed by atoms with Gasteiger partial charge >= 0.3 is 0 Å². The molecule has 2 aliphatic heterocycles. The summed E-state index contributed by atoms with van der Waals surface area (Å²) in [6, 6.07) is 0. The molecular formula is C14H16BrN3O6. The molecule has 1 amide bonds. The van der Waals surface area contributed by atoms with Crippen molar-refractivity contribution in [3.05, 3.63) is 10.0 Å². The highest BCUT2D eigenvalue weighted by atomic mass is 79.9. The van der Waals surface area contributed by atoms with Crippen molar-refractivity contribution >= 4 is 27.5 Å². The van der Waals surface area contributed by atoms with Gasteiger partial charge in [0.05, 0.1) is 30.2 Å². The van der Waals surface area contributed by atoms with Gasteiger partial charge in [-0.15, -0.1) is 0 Å². The van der Waals surface area contributed by atoms with Gasteiger partial charge in [0.15, 0.2) is 23.3 Å². The molecule has 2 atom stereocenters. The number of nitrogens with two attached hydrogens (primary N) is 1. The first-order chi connectivity index (χ1) is 11.5. The molecule has 3 rings (SSSR count). The van der Waals surface area contributed by atoms with Gasteiger partial charge in [0.2, 0.25) is 18.3 Å².